The first kappa shape index (κ1) is 15.8. The van der Waals surface area contributed by atoms with Crippen molar-refractivity contribution in [3.8, 4) is 11.5 Å². The van der Waals surface area contributed by atoms with Gasteiger partial charge >= 0.3 is 5.69 Å². The molecule has 1 heterocycles. The van der Waals surface area contributed by atoms with Gasteiger partial charge in [-0.3, -0.25) is 10.1 Å². The molecule has 0 bridgehead atoms. The summed E-state index contributed by atoms with van der Waals surface area (Å²) in [7, 11) is 3.02. The first-order chi connectivity index (χ1) is 10.4. The Hall–Kier alpha value is -2.57. The normalized spacial score (nSPS) is 10.8. The Labute approximate surface area is 128 Å². The van der Waals surface area contributed by atoms with Gasteiger partial charge in [0.05, 0.1) is 24.5 Å². The van der Waals surface area contributed by atoms with Crippen molar-refractivity contribution in [2.24, 2.45) is 0 Å². The van der Waals surface area contributed by atoms with Crippen LogP contribution in [0.2, 0.25) is 0 Å². The van der Waals surface area contributed by atoms with E-state index in [1.807, 2.05) is 20.8 Å². The highest BCUT2D eigenvalue weighted by Gasteiger charge is 2.24. The minimum Gasteiger partial charge on any atom is -0.493 e. The summed E-state index contributed by atoms with van der Waals surface area (Å²) >= 11 is 0. The van der Waals surface area contributed by atoms with Gasteiger partial charge in [-0.05, 0) is 32.9 Å². The number of anilines is 1. The van der Waals surface area contributed by atoms with E-state index >= 15 is 0 Å². The Morgan fingerprint density at radius 3 is 2.18 bits per heavy atom. The number of fused-ring (bicyclic) bond motifs is 1. The van der Waals surface area contributed by atoms with E-state index in [-0.39, 0.29) is 17.5 Å². The molecule has 0 aliphatic rings. The number of ether oxygens (including phenoxy) is 2. The molecule has 0 atom stereocenters. The molecule has 2 aromatic rings. The van der Waals surface area contributed by atoms with Gasteiger partial charge in [0.2, 0.25) is 5.82 Å². The predicted octanol–water partition coefficient (Wildman–Crippen LogP) is 3.29. The summed E-state index contributed by atoms with van der Waals surface area (Å²) in [5, 5.41) is 15.7. The third kappa shape index (κ3) is 2.74. The van der Waals surface area contributed by atoms with Crippen molar-refractivity contribution in [2.75, 3.05) is 19.5 Å². The maximum absolute atomic E-state index is 11.5. The first-order valence-electron chi connectivity index (χ1n) is 6.86. The molecule has 7 nitrogen and oxygen atoms in total. The van der Waals surface area contributed by atoms with Crippen LogP contribution in [0.15, 0.2) is 12.1 Å². The zero-order valence-electron chi connectivity index (χ0n) is 13.3. The number of hydrogen-bond acceptors (Lipinski definition) is 6. The molecule has 0 saturated heterocycles. The average Bonchev–Trinajstić information content (AvgIpc) is 2.45. The predicted molar refractivity (Wildman–Crippen MR) is 85.0 cm³/mol. The van der Waals surface area contributed by atoms with Crippen molar-refractivity contribution in [1.29, 1.82) is 0 Å². The fourth-order valence-electron chi connectivity index (χ4n) is 2.34. The first-order valence-corrected chi connectivity index (χ1v) is 6.86. The highest BCUT2D eigenvalue weighted by atomic mass is 16.6. The number of hydrogen-bond donors (Lipinski definition) is 1. The number of aryl methyl sites for hydroxylation is 1. The van der Waals surface area contributed by atoms with Gasteiger partial charge in [-0.15, -0.1) is 0 Å². The largest absolute Gasteiger partial charge is 0.493 e. The molecule has 0 fully saturated rings. The highest BCUT2D eigenvalue weighted by Crippen LogP contribution is 2.40. The molecule has 0 spiro atoms. The monoisotopic (exact) mass is 305 g/mol. The molecule has 1 N–H and O–H groups in total. The van der Waals surface area contributed by atoms with Crippen LogP contribution >= 0.6 is 0 Å². The maximum Gasteiger partial charge on any atom is 0.319 e. The van der Waals surface area contributed by atoms with Crippen LogP contribution in [0.4, 0.5) is 11.5 Å². The molecular formula is C15H19N3O4. The molecular weight excluding hydrogens is 286 g/mol. The summed E-state index contributed by atoms with van der Waals surface area (Å²) in [6.07, 6.45) is 0. The van der Waals surface area contributed by atoms with E-state index in [4.69, 9.17) is 9.47 Å². The van der Waals surface area contributed by atoms with Crippen LogP contribution in [0.5, 0.6) is 11.5 Å². The third-order valence-corrected chi connectivity index (χ3v) is 3.28. The van der Waals surface area contributed by atoms with Crippen molar-refractivity contribution in [3.05, 3.63) is 27.9 Å². The van der Waals surface area contributed by atoms with Crippen molar-refractivity contribution in [1.82, 2.24) is 4.98 Å². The molecule has 0 aliphatic heterocycles. The summed E-state index contributed by atoms with van der Waals surface area (Å²) in [5.41, 5.74) is 0.625. The van der Waals surface area contributed by atoms with Crippen molar-refractivity contribution >= 4 is 22.3 Å². The van der Waals surface area contributed by atoms with Crippen molar-refractivity contribution < 1.29 is 14.4 Å². The average molecular weight is 305 g/mol. The van der Waals surface area contributed by atoms with Crippen LogP contribution in [0, 0.1) is 17.0 Å². The molecule has 0 aliphatic carbocycles. The fourth-order valence-corrected chi connectivity index (χ4v) is 2.34. The van der Waals surface area contributed by atoms with Gasteiger partial charge in [-0.1, -0.05) is 0 Å². The minimum absolute atomic E-state index is 0.0307. The highest BCUT2D eigenvalue weighted by molar-refractivity contribution is 5.98. The van der Waals surface area contributed by atoms with Gasteiger partial charge in [-0.2, -0.15) is 0 Å². The van der Waals surface area contributed by atoms with E-state index in [1.54, 1.807) is 12.1 Å². The standard InChI is InChI=1S/C15H19N3O4/c1-8(2)16-15-14(18(19)20)11-7-13(22-5)12(21-4)6-10(11)9(3)17-15/h6-8H,1-5H3,(H,16,17). The Kier molecular flexibility index (Phi) is 4.35. The molecule has 0 amide bonds. The zero-order chi connectivity index (χ0) is 16.4. The van der Waals surface area contributed by atoms with Crippen LogP contribution in [-0.2, 0) is 0 Å². The molecule has 1 aromatic heterocycles. The molecule has 0 saturated carbocycles. The number of pyridine rings is 1. The Morgan fingerprint density at radius 2 is 1.73 bits per heavy atom. The minimum atomic E-state index is -0.425. The maximum atomic E-state index is 11.5. The van der Waals surface area contributed by atoms with Crippen LogP contribution in [0.25, 0.3) is 10.8 Å². The summed E-state index contributed by atoms with van der Waals surface area (Å²) in [5.74, 6) is 1.22. The van der Waals surface area contributed by atoms with E-state index in [9.17, 15) is 10.1 Å². The molecule has 22 heavy (non-hydrogen) atoms. The van der Waals surface area contributed by atoms with E-state index in [2.05, 4.69) is 10.3 Å². The SMILES string of the molecule is COc1cc2c(C)nc(NC(C)C)c([N+](=O)[O-])c2cc1OC. The van der Waals surface area contributed by atoms with E-state index < -0.39 is 4.92 Å². The Balaban J connectivity index is 2.86. The lowest BCUT2D eigenvalue weighted by Gasteiger charge is -2.14. The van der Waals surface area contributed by atoms with Gasteiger partial charge in [0.25, 0.3) is 0 Å². The number of aromatic nitrogens is 1. The van der Waals surface area contributed by atoms with E-state index in [0.717, 1.165) is 0 Å². The fraction of sp³-hybridized carbons (Fsp3) is 0.400. The number of rotatable bonds is 5. The van der Waals surface area contributed by atoms with Gasteiger partial charge in [-0.25, -0.2) is 4.98 Å². The van der Waals surface area contributed by atoms with Gasteiger partial charge in [0.1, 0.15) is 0 Å². The summed E-state index contributed by atoms with van der Waals surface area (Å²) in [6.45, 7) is 5.61. The third-order valence-electron chi connectivity index (χ3n) is 3.28. The summed E-state index contributed by atoms with van der Waals surface area (Å²) in [4.78, 5) is 15.5. The smallest absolute Gasteiger partial charge is 0.319 e. The van der Waals surface area contributed by atoms with E-state index in [0.29, 0.717) is 28.0 Å². The Morgan fingerprint density at radius 1 is 1.18 bits per heavy atom. The second-order valence-corrected chi connectivity index (χ2v) is 5.20. The lowest BCUT2D eigenvalue weighted by Crippen LogP contribution is -2.13. The number of nitro groups is 1. The second-order valence-electron chi connectivity index (χ2n) is 5.20. The lowest BCUT2D eigenvalue weighted by molar-refractivity contribution is -0.382. The number of nitrogens with zero attached hydrogens (tertiary/aromatic N) is 2. The van der Waals surface area contributed by atoms with Crippen molar-refractivity contribution in [3.63, 3.8) is 0 Å². The van der Waals surface area contributed by atoms with Crippen LogP contribution in [-0.4, -0.2) is 30.2 Å². The molecule has 0 radical (unpaired) electrons. The van der Waals surface area contributed by atoms with Crippen LogP contribution in [0.1, 0.15) is 19.5 Å². The van der Waals surface area contributed by atoms with Crippen LogP contribution < -0.4 is 14.8 Å². The molecule has 7 heteroatoms. The van der Waals surface area contributed by atoms with Crippen molar-refractivity contribution in [2.45, 2.75) is 26.8 Å². The lowest BCUT2D eigenvalue weighted by atomic mass is 10.1. The van der Waals surface area contributed by atoms with Gasteiger partial charge < -0.3 is 14.8 Å². The zero-order valence-corrected chi connectivity index (χ0v) is 13.3. The summed E-state index contributed by atoms with van der Waals surface area (Å²) < 4.78 is 10.5. The number of nitrogens with one attached hydrogen (secondary N) is 1. The van der Waals surface area contributed by atoms with Gasteiger partial charge in [0.15, 0.2) is 11.5 Å². The molecule has 0 unspecified atom stereocenters. The topological polar surface area (TPSA) is 86.5 Å². The van der Waals surface area contributed by atoms with Crippen LogP contribution in [0.3, 0.4) is 0 Å². The quantitative estimate of drug-likeness (QED) is 0.673. The van der Waals surface area contributed by atoms with Gasteiger partial charge in [0, 0.05) is 17.1 Å². The van der Waals surface area contributed by atoms with E-state index in [1.165, 1.54) is 14.2 Å². The number of methoxy groups -OCH3 is 2. The molecule has 1 aromatic carbocycles. The number of benzene rings is 1. The second kappa shape index (κ2) is 6.05. The Bertz CT molecular complexity index is 729. The molecule has 118 valence electrons. The summed E-state index contributed by atoms with van der Waals surface area (Å²) in [6, 6.07) is 3.36. The molecule has 2 rings (SSSR count).